The third-order valence-electron chi connectivity index (χ3n) is 24.6. The molecule has 0 atom stereocenters. The van der Waals surface area contributed by atoms with Gasteiger partial charge in [-0.25, -0.2) is 43.9 Å². The van der Waals surface area contributed by atoms with Crippen molar-refractivity contribution in [3.8, 4) is 115 Å². The molecule has 728 valence electrons. The lowest BCUT2D eigenvalue weighted by molar-refractivity contribution is 0.571. The van der Waals surface area contributed by atoms with Gasteiger partial charge in [0, 0.05) is 27.8 Å². The van der Waals surface area contributed by atoms with Crippen molar-refractivity contribution >= 4 is 0 Å². The summed E-state index contributed by atoms with van der Waals surface area (Å²) in [7, 11) is 0. The molecule has 0 unspecified atom stereocenters. The van der Waals surface area contributed by atoms with Crippen molar-refractivity contribution in [1.82, 2.24) is 0 Å². The number of benzene rings is 15. The fourth-order valence-corrected chi connectivity index (χ4v) is 16.1. The minimum absolute atomic E-state index is 0.161. The van der Waals surface area contributed by atoms with Crippen molar-refractivity contribution in [3.05, 3.63) is 473 Å². The number of unbranched alkanes of at least 4 members (excludes halogenated alkanes) is 8. The van der Waals surface area contributed by atoms with Gasteiger partial charge in [-0.15, -0.1) is 0 Å². The second-order valence-corrected chi connectivity index (χ2v) is 36.1. The maximum atomic E-state index is 14.4. The van der Waals surface area contributed by atoms with E-state index in [-0.39, 0.29) is 27.8 Å². The van der Waals surface area contributed by atoms with E-state index in [2.05, 4.69) is 222 Å². The van der Waals surface area contributed by atoms with Gasteiger partial charge in [-0.3, -0.25) is 0 Å². The maximum Gasteiger partial charge on any atom is 0.142 e. The summed E-state index contributed by atoms with van der Waals surface area (Å²) in [5, 5.41) is 0. The fraction of sp³-hybridized carbons (Fsp3) is 0.248. The van der Waals surface area contributed by atoms with Gasteiger partial charge >= 0.3 is 0 Å². The molecule has 0 amide bonds. The van der Waals surface area contributed by atoms with Crippen molar-refractivity contribution in [2.75, 3.05) is 0 Å². The Morgan fingerprint density at radius 1 is 0.154 bits per heavy atom. The van der Waals surface area contributed by atoms with Gasteiger partial charge in [-0.1, -0.05) is 354 Å². The van der Waals surface area contributed by atoms with Gasteiger partial charge in [0.25, 0.3) is 0 Å². The Hall–Kier alpha value is -14.6. The van der Waals surface area contributed by atoms with Crippen molar-refractivity contribution in [3.63, 3.8) is 0 Å². The second-order valence-electron chi connectivity index (χ2n) is 36.1. The summed E-state index contributed by atoms with van der Waals surface area (Å²) < 4.78 is 141. The zero-order valence-electron chi connectivity index (χ0n) is 83.9. The Balaban J connectivity index is 0.000000171. The molecule has 0 aromatic heterocycles. The molecular formula is C133H126F10. The molecule has 0 saturated carbocycles. The monoisotopic (exact) mass is 1910 g/mol. The molecule has 0 aliphatic heterocycles. The van der Waals surface area contributed by atoms with E-state index < -0.39 is 58.2 Å². The van der Waals surface area contributed by atoms with Gasteiger partial charge in [0.15, 0.2) is 0 Å². The summed E-state index contributed by atoms with van der Waals surface area (Å²) >= 11 is 0. The van der Waals surface area contributed by atoms with E-state index >= 15 is 0 Å². The highest BCUT2D eigenvalue weighted by Crippen LogP contribution is 2.30. The van der Waals surface area contributed by atoms with Crippen LogP contribution < -0.4 is 0 Å². The highest BCUT2D eigenvalue weighted by molar-refractivity contribution is 5.70. The summed E-state index contributed by atoms with van der Waals surface area (Å²) in [6.45, 7) is 20.3. The lowest BCUT2D eigenvalue weighted by atomic mass is 10.0. The second kappa shape index (κ2) is 57.3. The van der Waals surface area contributed by atoms with Crippen molar-refractivity contribution in [2.24, 2.45) is 0 Å². The maximum absolute atomic E-state index is 14.4. The van der Waals surface area contributed by atoms with E-state index in [1.165, 1.54) is 159 Å². The Bertz CT molecular complexity index is 6840. The first kappa shape index (κ1) is 109. The van der Waals surface area contributed by atoms with E-state index in [0.29, 0.717) is 47.1 Å². The van der Waals surface area contributed by atoms with Gasteiger partial charge < -0.3 is 0 Å². The SMILES string of the molecule is CCCCCc1cc(F)c(C#Cc2ccc(-c3ccc(CCCC)cc3)cc2)c(F)c1.CCCCCc1ccc(-c2ccc(C#Cc3c(F)cc(C)cc3F)cc2)cc1.CCCCc1ccc(-c2ccc(C#Cc3c(F)cc(C)cc3F)cc2)cc1.CCCCc1ccc(-c2ccc(C#Cc3c(F)cc(CC)cc3F)cc2)cc1.CCCCc1ccc(-c2ccc(C#Cc3c(F)cc(CCC)cc3F)cc2)cc1. The Morgan fingerprint density at radius 3 is 0.497 bits per heavy atom. The Morgan fingerprint density at radius 2 is 0.315 bits per heavy atom. The van der Waals surface area contributed by atoms with Crippen LogP contribution >= 0.6 is 0 Å². The third-order valence-corrected chi connectivity index (χ3v) is 24.6. The van der Waals surface area contributed by atoms with Crippen LogP contribution in [0.15, 0.2) is 303 Å². The minimum atomic E-state index is -0.625. The highest BCUT2D eigenvalue weighted by Gasteiger charge is 2.16. The van der Waals surface area contributed by atoms with Crippen LogP contribution in [0.5, 0.6) is 0 Å². The fourth-order valence-electron chi connectivity index (χ4n) is 16.1. The molecule has 0 aliphatic carbocycles. The molecule has 0 aliphatic rings. The van der Waals surface area contributed by atoms with Crippen LogP contribution in [0.3, 0.4) is 0 Å². The van der Waals surface area contributed by atoms with E-state index in [1.807, 2.05) is 135 Å². The third kappa shape index (κ3) is 34.4. The van der Waals surface area contributed by atoms with Crippen LogP contribution in [0.1, 0.15) is 263 Å². The average Bonchev–Trinajstić information content (AvgIpc) is 0.845. The molecule has 10 heteroatoms. The molecule has 0 N–H and O–H groups in total. The molecule has 15 aromatic rings. The zero-order valence-corrected chi connectivity index (χ0v) is 83.9. The first-order valence-corrected chi connectivity index (χ1v) is 50.4. The summed E-state index contributed by atoms with van der Waals surface area (Å²) in [6, 6.07) is 95.2. The van der Waals surface area contributed by atoms with Crippen LogP contribution in [0.25, 0.3) is 55.6 Å². The molecule has 0 radical (unpaired) electrons. The van der Waals surface area contributed by atoms with Crippen LogP contribution in [-0.2, 0) is 51.4 Å². The normalized spacial score (nSPS) is 10.5. The number of aryl methyl sites for hydroxylation is 10. The van der Waals surface area contributed by atoms with Crippen LogP contribution in [0.4, 0.5) is 43.9 Å². The molecular weight excluding hydrogens is 1790 g/mol. The first-order chi connectivity index (χ1) is 69.4. The molecule has 15 rings (SSSR count). The number of rotatable bonds is 28. The van der Waals surface area contributed by atoms with Crippen molar-refractivity contribution in [2.45, 2.75) is 217 Å². The summed E-state index contributed by atoms with van der Waals surface area (Å²) in [5.41, 5.74) is 23.8. The van der Waals surface area contributed by atoms with Gasteiger partial charge in [-0.2, -0.15) is 0 Å². The van der Waals surface area contributed by atoms with Gasteiger partial charge in [0.05, 0.1) is 27.8 Å². The summed E-state index contributed by atoms with van der Waals surface area (Å²) in [5.74, 6) is 21.4. The van der Waals surface area contributed by atoms with Gasteiger partial charge in [0.1, 0.15) is 58.2 Å². The number of halogens is 10. The number of hydrogen-bond acceptors (Lipinski definition) is 0. The molecule has 0 nitrogen and oxygen atoms in total. The predicted molar refractivity (Wildman–Crippen MR) is 575 cm³/mol. The average molecular weight is 1910 g/mol. The molecule has 0 bridgehead atoms. The van der Waals surface area contributed by atoms with E-state index in [1.54, 1.807) is 13.8 Å². The van der Waals surface area contributed by atoms with E-state index in [9.17, 15) is 43.9 Å². The van der Waals surface area contributed by atoms with Gasteiger partial charge in [-0.05, 0) is 336 Å². The van der Waals surface area contributed by atoms with Crippen molar-refractivity contribution < 1.29 is 43.9 Å². The summed E-state index contributed by atoms with van der Waals surface area (Å²) in [6.07, 6.45) is 24.7. The van der Waals surface area contributed by atoms with Crippen LogP contribution in [0, 0.1) is 131 Å². The molecule has 0 spiro atoms. The lowest BCUT2D eigenvalue weighted by Crippen LogP contribution is -1.95. The molecule has 143 heavy (non-hydrogen) atoms. The Kier molecular flexibility index (Phi) is 43.6. The quantitative estimate of drug-likeness (QED) is 0.0260. The highest BCUT2D eigenvalue weighted by atomic mass is 19.2. The molecule has 0 saturated heterocycles. The smallest absolute Gasteiger partial charge is 0.142 e. The predicted octanol–water partition coefficient (Wildman–Crippen LogP) is 36.1. The lowest BCUT2D eigenvalue weighted by Gasteiger charge is -2.05. The zero-order chi connectivity index (χ0) is 102. The van der Waals surface area contributed by atoms with Crippen LogP contribution in [-0.4, -0.2) is 0 Å². The molecule has 15 aromatic carbocycles. The molecule has 0 heterocycles. The Labute approximate surface area is 843 Å². The van der Waals surface area contributed by atoms with E-state index in [0.717, 1.165) is 141 Å². The largest absolute Gasteiger partial charge is 0.206 e. The number of hydrogen-bond donors (Lipinski definition) is 0. The van der Waals surface area contributed by atoms with Gasteiger partial charge in [0.2, 0.25) is 0 Å². The first-order valence-electron chi connectivity index (χ1n) is 50.4. The standard InChI is InChI=1S/C29H30F2.C27H26F2.2C26H24F2.C25H22F2/c1-3-5-7-9-24-20-28(30)27(29(31)21-24)19-14-23-12-17-26(18-13-23)25-15-10-22(11-16-25)8-6-4-2;1-3-5-7-20-8-13-23(14-9-20)24-15-10-21(11-16-24)12-17-25-26(28)18-22(6-4-2)19-27(25)29;1-3-4-5-6-20-7-12-22(13-8-20)23-14-9-21(10-15-23)11-16-24-25(27)17-19(2)18-26(24)28;1-3-5-6-20-7-12-22(13-8-20)23-14-9-21(10-15-23)11-16-24-25(27)17-19(4-2)18-26(24)28;1-3-4-5-19-6-11-21(12-7-19)22-13-8-20(9-14-22)10-15-23-24(26)16-18(2)17-25(23)27/h10-13,15-18,20-21H,3-9H2,1-2H3;8-11,13-16,18-19H,3-7H2,1-2H3;2*7-10,12-15,17-18H,3-6H2,1-2H3;6-9,11-14,16-17H,3-5H2,1-2H3. The van der Waals surface area contributed by atoms with E-state index in [4.69, 9.17) is 0 Å². The molecule has 0 fully saturated rings. The summed E-state index contributed by atoms with van der Waals surface area (Å²) in [4.78, 5) is 0. The topological polar surface area (TPSA) is 0 Å². The minimum Gasteiger partial charge on any atom is -0.206 e. The van der Waals surface area contributed by atoms with Crippen LogP contribution in [0.2, 0.25) is 0 Å². The van der Waals surface area contributed by atoms with Crippen molar-refractivity contribution in [1.29, 1.82) is 0 Å².